The largest absolute Gasteiger partial charge is 0.490 e. The quantitative estimate of drug-likeness (QED) is 0.242. The molecule has 162 valence electrons. The fourth-order valence-corrected chi connectivity index (χ4v) is 2.97. The normalized spacial score (nSPS) is 11.9. The highest BCUT2D eigenvalue weighted by Gasteiger charge is 2.11. The van der Waals surface area contributed by atoms with Crippen molar-refractivity contribution in [3.05, 3.63) is 68.1 Å². The highest BCUT2D eigenvalue weighted by molar-refractivity contribution is 6.55. The Morgan fingerprint density at radius 2 is 1.73 bits per heavy atom. The minimum atomic E-state index is 0.109. The Balaban J connectivity index is 1.86. The van der Waals surface area contributed by atoms with Crippen molar-refractivity contribution in [2.24, 2.45) is 5.16 Å². The van der Waals surface area contributed by atoms with E-state index in [1.807, 2.05) is 31.2 Å². The van der Waals surface area contributed by atoms with Crippen molar-refractivity contribution in [2.75, 3.05) is 13.2 Å². The van der Waals surface area contributed by atoms with E-state index in [2.05, 4.69) is 12.1 Å². The van der Waals surface area contributed by atoms with Gasteiger partial charge in [0.05, 0.1) is 22.9 Å². The Labute approximate surface area is 197 Å². The van der Waals surface area contributed by atoms with E-state index in [1.165, 1.54) is 6.08 Å². The van der Waals surface area contributed by atoms with Crippen LogP contribution in [-0.4, -0.2) is 25.5 Å². The van der Waals surface area contributed by atoms with E-state index in [1.54, 1.807) is 18.3 Å². The molecule has 2 rings (SSSR count). The average Bonchev–Trinajstić information content (AvgIpc) is 2.70. The third-order valence-electron chi connectivity index (χ3n) is 4.09. The van der Waals surface area contributed by atoms with Gasteiger partial charge in [-0.05, 0) is 30.5 Å². The molecule has 0 bridgehead atoms. The van der Waals surface area contributed by atoms with Crippen LogP contribution in [0.25, 0.3) is 0 Å². The van der Waals surface area contributed by atoms with E-state index < -0.39 is 0 Å². The SMILES string of the molecule is CCC(C)O/N=C/c1ccc(CCOc2c(Cl)cc(OCC=C(Cl)Cl)cc2Cl)cc1. The van der Waals surface area contributed by atoms with E-state index in [0.717, 1.165) is 17.5 Å². The maximum Gasteiger partial charge on any atom is 0.156 e. The Kier molecular flexibility index (Phi) is 10.7. The monoisotopic (exact) mass is 489 g/mol. The van der Waals surface area contributed by atoms with Gasteiger partial charge in [0.2, 0.25) is 0 Å². The summed E-state index contributed by atoms with van der Waals surface area (Å²) < 4.78 is 11.4. The van der Waals surface area contributed by atoms with Gasteiger partial charge in [-0.1, -0.05) is 82.7 Å². The minimum Gasteiger partial charge on any atom is -0.490 e. The zero-order chi connectivity index (χ0) is 21.9. The summed E-state index contributed by atoms with van der Waals surface area (Å²) in [6.07, 6.45) is 4.95. The number of rotatable bonds is 11. The summed E-state index contributed by atoms with van der Waals surface area (Å²) in [6.45, 7) is 4.67. The van der Waals surface area contributed by atoms with Crippen molar-refractivity contribution in [3.8, 4) is 11.5 Å². The molecule has 0 aliphatic carbocycles. The second-order valence-corrected chi connectivity index (χ2v) is 8.24. The Bertz CT molecular complexity index is 842. The molecule has 0 saturated carbocycles. The number of hydrogen-bond acceptors (Lipinski definition) is 4. The van der Waals surface area contributed by atoms with Crippen LogP contribution in [0.15, 0.2) is 52.1 Å². The van der Waals surface area contributed by atoms with Crippen molar-refractivity contribution in [3.63, 3.8) is 0 Å². The van der Waals surface area contributed by atoms with Crippen molar-refractivity contribution in [1.29, 1.82) is 0 Å². The zero-order valence-corrected chi connectivity index (χ0v) is 19.7. The highest BCUT2D eigenvalue weighted by Crippen LogP contribution is 2.37. The summed E-state index contributed by atoms with van der Waals surface area (Å²) in [4.78, 5) is 5.30. The van der Waals surface area contributed by atoms with Crippen LogP contribution in [0.1, 0.15) is 31.4 Å². The summed E-state index contributed by atoms with van der Waals surface area (Å²) in [7, 11) is 0. The molecule has 0 saturated heterocycles. The highest BCUT2D eigenvalue weighted by atomic mass is 35.5. The summed E-state index contributed by atoms with van der Waals surface area (Å²) >= 11 is 23.7. The summed E-state index contributed by atoms with van der Waals surface area (Å²) in [5, 5.41) is 4.73. The lowest BCUT2D eigenvalue weighted by atomic mass is 10.1. The van der Waals surface area contributed by atoms with Crippen LogP contribution in [0.5, 0.6) is 11.5 Å². The van der Waals surface area contributed by atoms with E-state index in [-0.39, 0.29) is 17.2 Å². The zero-order valence-electron chi connectivity index (χ0n) is 16.7. The number of halogens is 4. The van der Waals surface area contributed by atoms with Crippen molar-refractivity contribution in [1.82, 2.24) is 0 Å². The molecule has 0 aromatic heterocycles. The second-order valence-electron chi connectivity index (χ2n) is 6.42. The molecule has 2 aromatic rings. The predicted octanol–water partition coefficient (Wildman–Crippen LogP) is 7.46. The molecular weight excluding hydrogens is 468 g/mol. The molecule has 0 aliphatic heterocycles. The van der Waals surface area contributed by atoms with Gasteiger partial charge >= 0.3 is 0 Å². The van der Waals surface area contributed by atoms with Gasteiger partial charge in [0.25, 0.3) is 0 Å². The van der Waals surface area contributed by atoms with Crippen molar-refractivity contribution >= 4 is 52.6 Å². The van der Waals surface area contributed by atoms with Gasteiger partial charge in [-0.25, -0.2) is 0 Å². The first-order chi connectivity index (χ1) is 14.4. The van der Waals surface area contributed by atoms with Crippen LogP contribution < -0.4 is 9.47 Å². The first kappa shape index (κ1) is 24.7. The molecule has 0 spiro atoms. The smallest absolute Gasteiger partial charge is 0.156 e. The third kappa shape index (κ3) is 8.65. The molecule has 1 atom stereocenters. The molecular formula is C22H23Cl4NO3. The van der Waals surface area contributed by atoms with Gasteiger partial charge in [-0.2, -0.15) is 0 Å². The Morgan fingerprint density at radius 1 is 1.07 bits per heavy atom. The lowest BCUT2D eigenvalue weighted by molar-refractivity contribution is 0.0712. The van der Waals surface area contributed by atoms with Crippen molar-refractivity contribution < 1.29 is 14.3 Å². The van der Waals surface area contributed by atoms with E-state index in [9.17, 15) is 0 Å². The minimum absolute atomic E-state index is 0.109. The van der Waals surface area contributed by atoms with Crippen LogP contribution in [-0.2, 0) is 11.3 Å². The molecule has 0 N–H and O–H groups in total. The summed E-state index contributed by atoms with van der Waals surface area (Å²) in [5.41, 5.74) is 2.09. The molecule has 30 heavy (non-hydrogen) atoms. The van der Waals surface area contributed by atoms with Crippen LogP contribution in [0.4, 0.5) is 0 Å². The first-order valence-corrected chi connectivity index (χ1v) is 10.9. The lowest BCUT2D eigenvalue weighted by Crippen LogP contribution is -2.03. The Morgan fingerprint density at radius 3 is 2.33 bits per heavy atom. The standard InChI is InChI=1S/C22H23Cl4NO3/c1-3-15(2)30-27-14-17-6-4-16(5-7-17)8-10-29-22-19(23)12-18(13-20(22)24)28-11-9-21(25)26/h4-7,9,12-15H,3,8,10-11H2,1-2H3/b27-14+. The van der Waals surface area contributed by atoms with E-state index in [4.69, 9.17) is 60.7 Å². The van der Waals surface area contributed by atoms with Gasteiger partial charge in [-0.15, -0.1) is 0 Å². The predicted molar refractivity (Wildman–Crippen MR) is 126 cm³/mol. The van der Waals surface area contributed by atoms with Gasteiger partial charge in [-0.3, -0.25) is 0 Å². The van der Waals surface area contributed by atoms with Gasteiger partial charge in [0.15, 0.2) is 5.75 Å². The topological polar surface area (TPSA) is 40.0 Å². The number of oxime groups is 1. The molecule has 4 nitrogen and oxygen atoms in total. The molecule has 0 aliphatic rings. The molecule has 0 radical (unpaired) electrons. The van der Waals surface area contributed by atoms with E-state index in [0.29, 0.717) is 34.6 Å². The number of benzene rings is 2. The van der Waals surface area contributed by atoms with Gasteiger partial charge in [0.1, 0.15) is 23.0 Å². The third-order valence-corrected chi connectivity index (χ3v) is 4.96. The number of ether oxygens (including phenoxy) is 2. The number of nitrogens with zero attached hydrogens (tertiary/aromatic N) is 1. The molecule has 0 amide bonds. The van der Waals surface area contributed by atoms with Crippen LogP contribution in [0.2, 0.25) is 10.0 Å². The molecule has 8 heteroatoms. The van der Waals surface area contributed by atoms with Crippen LogP contribution in [0, 0.1) is 0 Å². The maximum absolute atomic E-state index is 6.28. The first-order valence-electron chi connectivity index (χ1n) is 9.43. The van der Waals surface area contributed by atoms with Crippen LogP contribution >= 0.6 is 46.4 Å². The van der Waals surface area contributed by atoms with E-state index >= 15 is 0 Å². The summed E-state index contributed by atoms with van der Waals surface area (Å²) in [5.74, 6) is 0.917. The second kappa shape index (κ2) is 13.0. The molecule has 1 unspecified atom stereocenters. The maximum atomic E-state index is 6.28. The summed E-state index contributed by atoms with van der Waals surface area (Å²) in [6, 6.07) is 11.3. The van der Waals surface area contributed by atoms with Crippen molar-refractivity contribution in [2.45, 2.75) is 32.8 Å². The Hall–Kier alpha value is -1.59. The molecule has 0 heterocycles. The molecule has 0 fully saturated rings. The fourth-order valence-electron chi connectivity index (χ4n) is 2.27. The van der Waals surface area contributed by atoms with Gasteiger partial charge in [0, 0.05) is 18.6 Å². The lowest BCUT2D eigenvalue weighted by Gasteiger charge is -2.12. The average molecular weight is 491 g/mol. The number of hydrogen-bond donors (Lipinski definition) is 0. The fraction of sp³-hybridized carbons (Fsp3) is 0.318. The van der Waals surface area contributed by atoms with Crippen LogP contribution in [0.3, 0.4) is 0 Å². The molecule has 2 aromatic carbocycles. The van der Waals surface area contributed by atoms with Gasteiger partial charge < -0.3 is 14.3 Å².